The van der Waals surface area contributed by atoms with Gasteiger partial charge in [-0.15, -0.1) is 0 Å². The number of pyridine rings is 1. The number of likely N-dealkylation sites (N-methyl/N-ethyl adjacent to an activating group) is 1. The second-order valence-electron chi connectivity index (χ2n) is 11.5. The maximum Gasteiger partial charge on any atom is 0.285 e. The van der Waals surface area contributed by atoms with E-state index in [0.29, 0.717) is 23.0 Å². The number of nitrogens with zero attached hydrogens (tertiary/aromatic N) is 2. The molecule has 1 aromatic heterocycles. The van der Waals surface area contributed by atoms with Crippen molar-refractivity contribution in [2.24, 2.45) is 0 Å². The Morgan fingerprint density at radius 1 is 0.543 bits per heavy atom. The van der Waals surface area contributed by atoms with Gasteiger partial charge in [0, 0.05) is 17.2 Å². The second-order valence-corrected chi connectivity index (χ2v) is 11.5. The molecule has 2 heterocycles. The molecule has 0 saturated heterocycles. The van der Waals surface area contributed by atoms with Crippen molar-refractivity contribution in [1.82, 2.24) is 0 Å². The molecule has 1 aliphatic heterocycles. The maximum atomic E-state index is 6.07. The average Bonchev–Trinajstić information content (AvgIpc) is 3.51. The van der Waals surface area contributed by atoms with Gasteiger partial charge in [-0.25, -0.2) is 4.57 Å². The zero-order valence-corrected chi connectivity index (χ0v) is 26.8. The molecular weight excluding hydrogens is 572 g/mol. The number of aromatic nitrogens is 1. The van der Waals surface area contributed by atoms with E-state index in [9.17, 15) is 0 Å². The summed E-state index contributed by atoms with van der Waals surface area (Å²) in [6.45, 7) is 1.76. The lowest BCUT2D eigenvalue weighted by molar-refractivity contribution is -0.658. The molecule has 0 radical (unpaired) electrons. The summed E-state index contributed by atoms with van der Waals surface area (Å²) in [7, 11) is 8.89. The van der Waals surface area contributed by atoms with Crippen molar-refractivity contribution in [2.75, 3.05) is 46.9 Å². The number of ether oxygens (including phenoxy) is 4. The second kappa shape index (κ2) is 12.1. The molecule has 0 bridgehead atoms. The monoisotopic (exact) mass is 609 g/mol. The summed E-state index contributed by atoms with van der Waals surface area (Å²) in [6, 6.07) is 38.4. The highest BCUT2D eigenvalue weighted by Crippen LogP contribution is 2.45. The average molecular weight is 610 g/mol. The molecule has 0 unspecified atom stereocenters. The first-order valence-electron chi connectivity index (χ1n) is 15.4. The van der Waals surface area contributed by atoms with Gasteiger partial charge in [0.05, 0.1) is 40.9 Å². The van der Waals surface area contributed by atoms with Gasteiger partial charge in [-0.05, 0) is 75.7 Å². The number of methoxy groups -OCH3 is 4. The molecule has 0 atom stereocenters. The SMILES string of the molecule is COc1cc2cc(-c3cc(OC)c(OC)c(-c4cc(-c5ccccc5)cc(-c5ccccc5)c4)c3)[n+]3c(c2cc1OC)N(C)CC3. The minimum Gasteiger partial charge on any atom is -0.493 e. The predicted octanol–water partition coefficient (Wildman–Crippen LogP) is 8.28. The molecule has 0 spiro atoms. The Hall–Kier alpha value is -5.49. The van der Waals surface area contributed by atoms with Crippen LogP contribution in [0.3, 0.4) is 0 Å². The third-order valence-corrected chi connectivity index (χ3v) is 8.89. The highest BCUT2D eigenvalue weighted by molar-refractivity contribution is 5.96. The minimum absolute atomic E-state index is 0.675. The van der Waals surface area contributed by atoms with Crippen LogP contribution in [0.1, 0.15) is 0 Å². The van der Waals surface area contributed by atoms with E-state index in [2.05, 4.69) is 114 Å². The van der Waals surface area contributed by atoms with Gasteiger partial charge < -0.3 is 18.9 Å². The Morgan fingerprint density at radius 2 is 1.13 bits per heavy atom. The van der Waals surface area contributed by atoms with Gasteiger partial charge in [-0.1, -0.05) is 60.7 Å². The van der Waals surface area contributed by atoms with Crippen molar-refractivity contribution < 1.29 is 23.5 Å². The molecule has 0 aliphatic carbocycles. The van der Waals surface area contributed by atoms with Crippen molar-refractivity contribution in [3.63, 3.8) is 0 Å². The molecule has 230 valence electrons. The normalized spacial score (nSPS) is 12.2. The van der Waals surface area contributed by atoms with Crippen LogP contribution >= 0.6 is 0 Å². The molecule has 0 fully saturated rings. The Balaban J connectivity index is 1.49. The number of benzene rings is 5. The van der Waals surface area contributed by atoms with E-state index in [0.717, 1.165) is 74.3 Å². The number of fused-ring (bicyclic) bond motifs is 3. The Bertz CT molecular complexity index is 2000. The Labute approximate surface area is 270 Å². The number of hydrogen-bond acceptors (Lipinski definition) is 5. The number of anilines is 1. The molecule has 6 aromatic rings. The standard InChI is InChI=1S/C40H37N2O4/c1-41-16-17-42-35(22-31-23-36(43-2)37(44-3)25-34(31)40(41)42)32-21-33(39(46-5)38(24-32)45-4)30-19-28(26-12-8-6-9-13-26)18-29(20-30)27-14-10-7-11-15-27/h6-15,18-25H,16-17H2,1-5H3/q+1. The van der Waals surface area contributed by atoms with Crippen molar-refractivity contribution >= 4 is 16.6 Å². The quantitative estimate of drug-likeness (QED) is 0.163. The third-order valence-electron chi connectivity index (χ3n) is 8.89. The van der Waals surface area contributed by atoms with E-state index in [4.69, 9.17) is 18.9 Å². The predicted molar refractivity (Wildman–Crippen MR) is 185 cm³/mol. The van der Waals surface area contributed by atoms with Crippen LogP contribution in [0.15, 0.2) is 109 Å². The third kappa shape index (κ3) is 5.06. The fraction of sp³-hybridized carbons (Fsp3) is 0.175. The Kier molecular flexibility index (Phi) is 7.71. The van der Waals surface area contributed by atoms with E-state index >= 15 is 0 Å². The summed E-state index contributed by atoms with van der Waals surface area (Å²) in [5.41, 5.74) is 8.69. The summed E-state index contributed by atoms with van der Waals surface area (Å²) in [5.74, 6) is 3.93. The lowest BCUT2D eigenvalue weighted by atomic mass is 9.91. The van der Waals surface area contributed by atoms with E-state index in [1.807, 2.05) is 12.1 Å². The molecule has 0 N–H and O–H groups in total. The van der Waals surface area contributed by atoms with Crippen LogP contribution in [-0.2, 0) is 6.54 Å². The van der Waals surface area contributed by atoms with Gasteiger partial charge in [0.2, 0.25) is 0 Å². The lowest BCUT2D eigenvalue weighted by Crippen LogP contribution is -2.34. The zero-order valence-electron chi connectivity index (χ0n) is 26.8. The fourth-order valence-electron chi connectivity index (χ4n) is 6.63. The van der Waals surface area contributed by atoms with Crippen molar-refractivity contribution in [2.45, 2.75) is 6.54 Å². The lowest BCUT2D eigenvalue weighted by Gasteiger charge is -2.18. The Morgan fingerprint density at radius 3 is 1.72 bits per heavy atom. The molecule has 0 amide bonds. The molecule has 1 aliphatic rings. The molecule has 6 heteroatoms. The van der Waals surface area contributed by atoms with E-state index in [-0.39, 0.29) is 0 Å². The van der Waals surface area contributed by atoms with Crippen molar-refractivity contribution in [3.05, 3.63) is 109 Å². The highest BCUT2D eigenvalue weighted by Gasteiger charge is 2.32. The molecule has 5 aromatic carbocycles. The van der Waals surface area contributed by atoms with Crippen molar-refractivity contribution in [1.29, 1.82) is 0 Å². The smallest absolute Gasteiger partial charge is 0.285 e. The van der Waals surface area contributed by atoms with E-state index < -0.39 is 0 Å². The van der Waals surface area contributed by atoms with Crippen LogP contribution in [0.25, 0.3) is 55.4 Å². The summed E-state index contributed by atoms with van der Waals surface area (Å²) in [5, 5.41) is 2.19. The van der Waals surface area contributed by atoms with Gasteiger partial charge in [0.25, 0.3) is 5.82 Å². The zero-order chi connectivity index (χ0) is 31.8. The van der Waals surface area contributed by atoms with E-state index in [1.165, 1.54) is 0 Å². The highest BCUT2D eigenvalue weighted by atomic mass is 16.5. The van der Waals surface area contributed by atoms with Gasteiger partial charge in [-0.2, -0.15) is 0 Å². The van der Waals surface area contributed by atoms with Crippen LogP contribution in [0.5, 0.6) is 23.0 Å². The fourth-order valence-corrected chi connectivity index (χ4v) is 6.63. The van der Waals surface area contributed by atoms with Crippen molar-refractivity contribution in [3.8, 4) is 67.6 Å². The summed E-state index contributed by atoms with van der Waals surface area (Å²) < 4.78 is 25.8. The summed E-state index contributed by atoms with van der Waals surface area (Å²) in [6.07, 6.45) is 0. The van der Waals surface area contributed by atoms with Crippen LogP contribution in [0, 0.1) is 0 Å². The topological polar surface area (TPSA) is 44.0 Å². The van der Waals surface area contributed by atoms with Gasteiger partial charge in [0.15, 0.2) is 23.0 Å². The van der Waals surface area contributed by atoms with Gasteiger partial charge in [-0.3, -0.25) is 4.90 Å². The van der Waals surface area contributed by atoms with Crippen LogP contribution < -0.4 is 28.4 Å². The van der Waals surface area contributed by atoms with E-state index in [1.54, 1.807) is 28.4 Å². The molecular formula is C40H37N2O4+. The number of hydrogen-bond donors (Lipinski definition) is 0. The molecule has 46 heavy (non-hydrogen) atoms. The molecule has 0 saturated carbocycles. The van der Waals surface area contributed by atoms with Gasteiger partial charge >= 0.3 is 0 Å². The summed E-state index contributed by atoms with van der Waals surface area (Å²) in [4.78, 5) is 2.30. The minimum atomic E-state index is 0.675. The summed E-state index contributed by atoms with van der Waals surface area (Å²) >= 11 is 0. The van der Waals surface area contributed by atoms with Gasteiger partial charge in [0.1, 0.15) is 18.8 Å². The first-order chi connectivity index (χ1) is 22.5. The number of rotatable bonds is 8. The maximum absolute atomic E-state index is 6.07. The largest absolute Gasteiger partial charge is 0.493 e. The van der Waals surface area contributed by atoms with Crippen LogP contribution in [0.2, 0.25) is 0 Å². The van der Waals surface area contributed by atoms with Crippen LogP contribution in [-0.4, -0.2) is 42.0 Å². The first-order valence-corrected chi connectivity index (χ1v) is 15.4. The van der Waals surface area contributed by atoms with Crippen LogP contribution in [0.4, 0.5) is 5.82 Å². The first kappa shape index (κ1) is 29.2. The molecule has 6 nitrogen and oxygen atoms in total. The molecule has 7 rings (SSSR count).